The van der Waals surface area contributed by atoms with Crippen LogP contribution in [0.25, 0.3) is 0 Å². The summed E-state index contributed by atoms with van der Waals surface area (Å²) >= 11 is 12.0. The Morgan fingerprint density at radius 3 is 2.38 bits per heavy atom. The molecule has 1 aliphatic carbocycles. The fourth-order valence-corrected chi connectivity index (χ4v) is 2.30. The van der Waals surface area contributed by atoms with Crippen LogP contribution >= 0.6 is 23.2 Å². The summed E-state index contributed by atoms with van der Waals surface area (Å²) in [5.41, 5.74) is 0.627. The van der Waals surface area contributed by atoms with E-state index in [4.69, 9.17) is 28.3 Å². The maximum absolute atomic E-state index is 10.8. The molecule has 1 saturated carbocycles. The summed E-state index contributed by atoms with van der Waals surface area (Å²) in [6, 6.07) is 5.13. The van der Waals surface area contributed by atoms with Crippen LogP contribution in [0.5, 0.6) is 0 Å². The highest BCUT2D eigenvalue weighted by Crippen LogP contribution is 2.36. The van der Waals surface area contributed by atoms with Gasteiger partial charge in [0.25, 0.3) is 0 Å². The molecule has 1 aliphatic rings. The van der Waals surface area contributed by atoms with Crippen LogP contribution in [0.15, 0.2) is 18.2 Å². The highest BCUT2D eigenvalue weighted by molar-refractivity contribution is 6.39. The maximum Gasteiger partial charge on any atom is 0.308 e. The molecule has 2 N–H and O–H groups in total. The van der Waals surface area contributed by atoms with Gasteiger partial charge in [-0.1, -0.05) is 29.3 Å². The first kappa shape index (κ1) is 11.6. The molecule has 86 valence electrons. The first-order chi connectivity index (χ1) is 7.59. The Morgan fingerprint density at radius 1 is 1.31 bits per heavy atom. The first-order valence-corrected chi connectivity index (χ1v) is 5.78. The molecule has 0 saturated heterocycles. The summed E-state index contributed by atoms with van der Waals surface area (Å²) in [6.45, 7) is 0. The van der Waals surface area contributed by atoms with E-state index in [1.807, 2.05) is 0 Å². The van der Waals surface area contributed by atoms with Crippen LogP contribution in [0.2, 0.25) is 10.0 Å². The highest BCUT2D eigenvalue weighted by Gasteiger charge is 2.36. The van der Waals surface area contributed by atoms with E-state index in [9.17, 15) is 4.79 Å². The zero-order valence-electron chi connectivity index (χ0n) is 8.41. The van der Waals surface area contributed by atoms with Crippen LogP contribution in [0.1, 0.15) is 12.8 Å². The Hall–Kier alpha value is -0.930. The van der Waals surface area contributed by atoms with Gasteiger partial charge in [0.1, 0.15) is 0 Å². The summed E-state index contributed by atoms with van der Waals surface area (Å²) in [5, 5.41) is 13.1. The van der Waals surface area contributed by atoms with Crippen molar-refractivity contribution in [3.05, 3.63) is 28.2 Å². The fraction of sp³-hybridized carbons (Fsp3) is 0.364. The van der Waals surface area contributed by atoms with Crippen molar-refractivity contribution >= 4 is 34.9 Å². The molecule has 0 heterocycles. The molecule has 0 aromatic heterocycles. The van der Waals surface area contributed by atoms with Crippen molar-refractivity contribution in [3.8, 4) is 0 Å². The quantitative estimate of drug-likeness (QED) is 0.876. The third kappa shape index (κ3) is 2.11. The second-order valence-corrected chi connectivity index (χ2v) is 4.68. The lowest BCUT2D eigenvalue weighted by molar-refractivity contribution is -0.144. The van der Waals surface area contributed by atoms with E-state index in [-0.39, 0.29) is 12.0 Å². The molecule has 2 unspecified atom stereocenters. The van der Waals surface area contributed by atoms with Crippen LogP contribution in [-0.4, -0.2) is 17.1 Å². The molecule has 0 bridgehead atoms. The predicted molar refractivity (Wildman–Crippen MR) is 64.2 cm³/mol. The fourth-order valence-electron chi connectivity index (χ4n) is 1.79. The number of benzene rings is 1. The lowest BCUT2D eigenvalue weighted by Crippen LogP contribution is -2.43. The number of carboxylic acids is 1. The summed E-state index contributed by atoms with van der Waals surface area (Å²) in [5.74, 6) is -1.11. The monoisotopic (exact) mass is 259 g/mol. The van der Waals surface area contributed by atoms with Crippen molar-refractivity contribution in [1.29, 1.82) is 0 Å². The Bertz CT molecular complexity index is 402. The van der Waals surface area contributed by atoms with Gasteiger partial charge in [0, 0.05) is 6.04 Å². The van der Waals surface area contributed by atoms with Crippen LogP contribution in [-0.2, 0) is 4.79 Å². The van der Waals surface area contributed by atoms with Gasteiger partial charge in [0.2, 0.25) is 0 Å². The zero-order valence-corrected chi connectivity index (χ0v) is 9.92. The average molecular weight is 260 g/mol. The molecule has 0 spiro atoms. The van der Waals surface area contributed by atoms with Crippen LogP contribution in [0.3, 0.4) is 0 Å². The van der Waals surface area contributed by atoms with Crippen LogP contribution < -0.4 is 5.32 Å². The largest absolute Gasteiger partial charge is 0.481 e. The highest BCUT2D eigenvalue weighted by atomic mass is 35.5. The number of anilines is 1. The smallest absolute Gasteiger partial charge is 0.308 e. The summed E-state index contributed by atoms with van der Waals surface area (Å²) in [7, 11) is 0. The molecule has 16 heavy (non-hydrogen) atoms. The van der Waals surface area contributed by atoms with Crippen molar-refractivity contribution in [2.45, 2.75) is 18.9 Å². The topological polar surface area (TPSA) is 49.3 Å². The second kappa shape index (κ2) is 4.52. The number of para-hydroxylation sites is 1. The van der Waals surface area contributed by atoms with Crippen LogP contribution in [0, 0.1) is 5.92 Å². The molecule has 5 heteroatoms. The number of carboxylic acid groups (broad SMARTS) is 1. The maximum atomic E-state index is 10.8. The van der Waals surface area contributed by atoms with Crippen molar-refractivity contribution in [1.82, 2.24) is 0 Å². The molecule has 1 aromatic carbocycles. The Morgan fingerprint density at radius 2 is 1.94 bits per heavy atom. The number of rotatable bonds is 3. The van der Waals surface area contributed by atoms with Crippen LogP contribution in [0.4, 0.5) is 5.69 Å². The van der Waals surface area contributed by atoms with E-state index in [0.717, 1.165) is 6.42 Å². The van der Waals surface area contributed by atoms with Gasteiger partial charge < -0.3 is 10.4 Å². The summed E-state index contributed by atoms with van der Waals surface area (Å²) in [4.78, 5) is 10.8. The number of hydrogen-bond acceptors (Lipinski definition) is 2. The van der Waals surface area contributed by atoms with E-state index in [1.165, 1.54) is 0 Å². The van der Waals surface area contributed by atoms with Gasteiger partial charge in [0.15, 0.2) is 0 Å². The molecule has 3 nitrogen and oxygen atoms in total. The average Bonchev–Trinajstić information content (AvgIpc) is 2.14. The molecular weight excluding hydrogens is 249 g/mol. The van der Waals surface area contributed by atoms with Gasteiger partial charge in [-0.15, -0.1) is 0 Å². The molecule has 0 radical (unpaired) electrons. The third-order valence-electron chi connectivity index (χ3n) is 2.88. The first-order valence-electron chi connectivity index (χ1n) is 5.03. The summed E-state index contributed by atoms with van der Waals surface area (Å²) < 4.78 is 0. The van der Waals surface area contributed by atoms with Gasteiger partial charge >= 0.3 is 5.97 Å². The normalized spacial score (nSPS) is 23.6. The Labute approximate surface area is 103 Å². The van der Waals surface area contributed by atoms with E-state index >= 15 is 0 Å². The minimum atomic E-state index is -0.771. The molecule has 1 aromatic rings. The van der Waals surface area contributed by atoms with Crippen molar-refractivity contribution in [3.63, 3.8) is 0 Å². The van der Waals surface area contributed by atoms with Gasteiger partial charge in [-0.05, 0) is 25.0 Å². The standard InChI is InChI=1S/C11H11Cl2NO2/c12-7-2-1-3-8(13)10(7)14-9-5-4-6(9)11(15)16/h1-3,6,9,14H,4-5H2,(H,15,16). The van der Waals surface area contributed by atoms with Gasteiger partial charge in [-0.3, -0.25) is 4.79 Å². The van der Waals surface area contributed by atoms with E-state index in [2.05, 4.69) is 5.32 Å². The van der Waals surface area contributed by atoms with Gasteiger partial charge in [0.05, 0.1) is 21.7 Å². The minimum Gasteiger partial charge on any atom is -0.481 e. The number of aliphatic carboxylic acids is 1. The minimum absolute atomic E-state index is 0.0742. The van der Waals surface area contributed by atoms with Gasteiger partial charge in [-0.2, -0.15) is 0 Å². The Kier molecular flexibility index (Phi) is 3.26. The SMILES string of the molecule is O=C(O)C1CCC1Nc1c(Cl)cccc1Cl. The summed E-state index contributed by atoms with van der Waals surface area (Å²) in [6.07, 6.45) is 1.54. The molecule has 2 atom stereocenters. The lowest BCUT2D eigenvalue weighted by Gasteiger charge is -2.35. The number of hydrogen-bond donors (Lipinski definition) is 2. The lowest BCUT2D eigenvalue weighted by atomic mass is 9.79. The van der Waals surface area contributed by atoms with E-state index in [0.29, 0.717) is 22.2 Å². The second-order valence-electron chi connectivity index (χ2n) is 3.87. The molecule has 2 rings (SSSR count). The molecule has 0 aliphatic heterocycles. The third-order valence-corrected chi connectivity index (χ3v) is 3.51. The number of halogens is 2. The number of carbonyl (C=O) groups is 1. The molecule has 1 fully saturated rings. The zero-order chi connectivity index (χ0) is 11.7. The van der Waals surface area contributed by atoms with Crippen molar-refractivity contribution in [2.24, 2.45) is 5.92 Å². The molecule has 0 amide bonds. The van der Waals surface area contributed by atoms with Gasteiger partial charge in [-0.25, -0.2) is 0 Å². The Balaban J connectivity index is 2.13. The van der Waals surface area contributed by atoms with E-state index < -0.39 is 5.97 Å². The molecular formula is C11H11Cl2NO2. The van der Waals surface area contributed by atoms with Crippen molar-refractivity contribution in [2.75, 3.05) is 5.32 Å². The van der Waals surface area contributed by atoms with E-state index in [1.54, 1.807) is 18.2 Å². The van der Waals surface area contributed by atoms with Crippen molar-refractivity contribution < 1.29 is 9.90 Å². The number of nitrogens with one attached hydrogen (secondary N) is 1. The predicted octanol–water partition coefficient (Wildman–Crippen LogP) is 3.27.